The summed E-state index contributed by atoms with van der Waals surface area (Å²) in [6, 6.07) is 0. The lowest BCUT2D eigenvalue weighted by Gasteiger charge is -2.58. The summed E-state index contributed by atoms with van der Waals surface area (Å²) in [5.74, 6) is 6.16. The van der Waals surface area contributed by atoms with E-state index in [1.807, 2.05) is 6.08 Å². The first-order chi connectivity index (χ1) is 15.5. The standard InChI is InChI=1S/C30H49NO2/c1-17(2)19(4)30(7)16-26(30)18(3)22-8-9-23-21-15-27(31-33)25-14-20(32)10-12-29(25,6)24(21)11-13-28(22,23)5/h14,17-24,26,32-33H,8-13,15-16H2,1-7H3/b31-27+/t18-,19-,20-,21?,22?,23?,24?,26+,28+,29+,30+/m0/s1. The highest BCUT2D eigenvalue weighted by Gasteiger charge is 2.64. The maximum Gasteiger partial charge on any atom is 0.0833 e. The van der Waals surface area contributed by atoms with E-state index in [2.05, 4.69) is 53.6 Å². The Balaban J connectivity index is 1.40. The van der Waals surface area contributed by atoms with E-state index in [1.165, 1.54) is 32.1 Å². The minimum absolute atomic E-state index is 0.0660. The predicted octanol–water partition coefficient (Wildman–Crippen LogP) is 7.32. The van der Waals surface area contributed by atoms with Gasteiger partial charge in [-0.3, -0.25) is 0 Å². The summed E-state index contributed by atoms with van der Waals surface area (Å²) in [6.07, 6.45) is 11.2. The molecule has 0 aromatic rings. The van der Waals surface area contributed by atoms with Crippen molar-refractivity contribution < 1.29 is 10.3 Å². The molecular formula is C30H49NO2. The van der Waals surface area contributed by atoms with E-state index >= 15 is 0 Å². The normalized spacial score (nSPS) is 52.0. The summed E-state index contributed by atoms with van der Waals surface area (Å²) < 4.78 is 0. The quantitative estimate of drug-likeness (QED) is 0.344. The van der Waals surface area contributed by atoms with Crippen molar-refractivity contribution in [2.75, 3.05) is 0 Å². The van der Waals surface area contributed by atoms with E-state index in [0.29, 0.717) is 22.7 Å². The van der Waals surface area contributed by atoms with Crippen LogP contribution in [0, 0.1) is 63.6 Å². The fraction of sp³-hybridized carbons (Fsp3) is 0.900. The van der Waals surface area contributed by atoms with Crippen molar-refractivity contribution in [3.63, 3.8) is 0 Å². The Morgan fingerprint density at radius 2 is 1.67 bits per heavy atom. The van der Waals surface area contributed by atoms with E-state index in [0.717, 1.165) is 66.1 Å². The van der Waals surface area contributed by atoms with Crippen LogP contribution in [0.1, 0.15) is 99.8 Å². The third-order valence-corrected chi connectivity index (χ3v) is 12.8. The van der Waals surface area contributed by atoms with Crippen LogP contribution in [0.4, 0.5) is 0 Å². The van der Waals surface area contributed by atoms with E-state index < -0.39 is 0 Å². The zero-order chi connectivity index (χ0) is 23.9. The molecule has 0 heterocycles. The lowest BCUT2D eigenvalue weighted by Crippen LogP contribution is -2.53. The van der Waals surface area contributed by atoms with Gasteiger partial charge in [-0.2, -0.15) is 0 Å². The zero-order valence-corrected chi connectivity index (χ0v) is 22.3. The zero-order valence-electron chi connectivity index (χ0n) is 22.3. The fourth-order valence-corrected chi connectivity index (χ4v) is 10.3. The van der Waals surface area contributed by atoms with Gasteiger partial charge < -0.3 is 10.3 Å². The van der Waals surface area contributed by atoms with Gasteiger partial charge in [0.2, 0.25) is 0 Å². The Hall–Kier alpha value is -0.830. The molecule has 0 radical (unpaired) electrons. The monoisotopic (exact) mass is 455 g/mol. The molecule has 0 aromatic carbocycles. The molecule has 4 fully saturated rings. The van der Waals surface area contributed by atoms with Crippen LogP contribution in [0.25, 0.3) is 0 Å². The molecule has 4 unspecified atom stereocenters. The largest absolute Gasteiger partial charge is 0.411 e. The van der Waals surface area contributed by atoms with Crippen molar-refractivity contribution in [2.24, 2.45) is 68.7 Å². The average Bonchev–Trinajstić information content (AvgIpc) is 3.34. The third kappa shape index (κ3) is 3.34. The summed E-state index contributed by atoms with van der Waals surface area (Å²) >= 11 is 0. The Morgan fingerprint density at radius 1 is 0.939 bits per heavy atom. The van der Waals surface area contributed by atoms with E-state index in [4.69, 9.17) is 0 Å². The molecule has 11 atom stereocenters. The number of hydrogen-bond donors (Lipinski definition) is 2. The van der Waals surface area contributed by atoms with E-state index in [-0.39, 0.29) is 11.5 Å². The second kappa shape index (κ2) is 7.84. The summed E-state index contributed by atoms with van der Waals surface area (Å²) in [6.45, 7) is 17.5. The second-order valence-corrected chi connectivity index (χ2v) is 14.2. The maximum absolute atomic E-state index is 10.3. The van der Waals surface area contributed by atoms with Crippen LogP contribution < -0.4 is 0 Å². The molecule has 0 spiro atoms. The molecular weight excluding hydrogens is 406 g/mol. The van der Waals surface area contributed by atoms with Gasteiger partial charge in [-0.25, -0.2) is 0 Å². The molecule has 5 rings (SSSR count). The van der Waals surface area contributed by atoms with Crippen LogP contribution in [-0.2, 0) is 0 Å². The van der Waals surface area contributed by atoms with Gasteiger partial charge in [0.05, 0.1) is 11.8 Å². The lowest BCUT2D eigenvalue weighted by molar-refractivity contribution is -0.0498. The highest BCUT2D eigenvalue weighted by Crippen LogP contribution is 2.71. The molecule has 0 aliphatic heterocycles. The molecule has 0 bridgehead atoms. The van der Waals surface area contributed by atoms with Crippen LogP contribution in [0.2, 0.25) is 0 Å². The third-order valence-electron chi connectivity index (χ3n) is 12.8. The molecule has 186 valence electrons. The van der Waals surface area contributed by atoms with Crippen LogP contribution >= 0.6 is 0 Å². The van der Waals surface area contributed by atoms with Crippen molar-refractivity contribution in [2.45, 2.75) is 106 Å². The average molecular weight is 456 g/mol. The van der Waals surface area contributed by atoms with Crippen molar-refractivity contribution >= 4 is 5.71 Å². The number of aliphatic hydroxyl groups is 1. The Labute approximate surface area is 202 Å². The van der Waals surface area contributed by atoms with Gasteiger partial charge in [-0.1, -0.05) is 59.7 Å². The van der Waals surface area contributed by atoms with Crippen molar-refractivity contribution in [1.82, 2.24) is 0 Å². The Morgan fingerprint density at radius 3 is 2.33 bits per heavy atom. The molecule has 0 amide bonds. The summed E-state index contributed by atoms with van der Waals surface area (Å²) in [5.41, 5.74) is 3.07. The minimum atomic E-state index is -0.381. The number of oxime groups is 1. The minimum Gasteiger partial charge on any atom is -0.411 e. The van der Waals surface area contributed by atoms with Crippen LogP contribution in [0.3, 0.4) is 0 Å². The highest BCUT2D eigenvalue weighted by molar-refractivity contribution is 6.02. The molecule has 33 heavy (non-hydrogen) atoms. The van der Waals surface area contributed by atoms with Crippen LogP contribution in [0.5, 0.6) is 0 Å². The van der Waals surface area contributed by atoms with Gasteiger partial charge in [0.1, 0.15) is 0 Å². The van der Waals surface area contributed by atoms with E-state index in [9.17, 15) is 10.3 Å². The molecule has 3 heteroatoms. The first-order valence-electron chi connectivity index (χ1n) is 14.1. The highest BCUT2D eigenvalue weighted by atomic mass is 16.4. The molecule has 2 N–H and O–H groups in total. The number of fused-ring (bicyclic) bond motifs is 5. The van der Waals surface area contributed by atoms with Gasteiger partial charge in [0, 0.05) is 0 Å². The molecule has 0 saturated heterocycles. The van der Waals surface area contributed by atoms with E-state index in [1.54, 1.807) is 0 Å². The summed E-state index contributed by atoms with van der Waals surface area (Å²) in [5, 5.41) is 24.1. The summed E-state index contributed by atoms with van der Waals surface area (Å²) in [7, 11) is 0. The number of aliphatic hydroxyl groups excluding tert-OH is 1. The van der Waals surface area contributed by atoms with Gasteiger partial charge in [0.25, 0.3) is 0 Å². The number of allylic oxidation sites excluding steroid dienone is 1. The van der Waals surface area contributed by atoms with Crippen LogP contribution in [-0.4, -0.2) is 22.1 Å². The van der Waals surface area contributed by atoms with Crippen molar-refractivity contribution in [3.8, 4) is 0 Å². The van der Waals surface area contributed by atoms with Crippen LogP contribution in [0.15, 0.2) is 16.8 Å². The number of rotatable bonds is 4. The second-order valence-electron chi connectivity index (χ2n) is 14.2. The summed E-state index contributed by atoms with van der Waals surface area (Å²) in [4.78, 5) is 0. The molecule has 5 aliphatic rings. The number of hydrogen-bond acceptors (Lipinski definition) is 3. The van der Waals surface area contributed by atoms with Crippen molar-refractivity contribution in [3.05, 3.63) is 11.6 Å². The van der Waals surface area contributed by atoms with Gasteiger partial charge in [-0.15, -0.1) is 0 Å². The maximum atomic E-state index is 10.3. The van der Waals surface area contributed by atoms with Crippen molar-refractivity contribution in [1.29, 1.82) is 0 Å². The fourth-order valence-electron chi connectivity index (χ4n) is 10.3. The Kier molecular flexibility index (Phi) is 5.67. The number of nitrogens with zero attached hydrogens (tertiary/aromatic N) is 1. The van der Waals surface area contributed by atoms with Gasteiger partial charge >= 0.3 is 0 Å². The first kappa shape index (κ1) is 23.9. The first-order valence-corrected chi connectivity index (χ1v) is 14.1. The SMILES string of the molecule is CC(C)[C@H](C)[C@@]1(C)C[C@@H]1[C@@H](C)C1CCC2C3C/C(=N\O)C4=C[C@@H](O)CC[C@]4(C)C3CC[C@@]21C. The van der Waals surface area contributed by atoms with Gasteiger partial charge in [-0.05, 0) is 121 Å². The van der Waals surface area contributed by atoms with Gasteiger partial charge in [0.15, 0.2) is 0 Å². The molecule has 5 aliphatic carbocycles. The molecule has 3 nitrogen and oxygen atoms in total. The smallest absolute Gasteiger partial charge is 0.0833 e. The topological polar surface area (TPSA) is 52.8 Å². The Bertz CT molecular complexity index is 846. The lowest BCUT2D eigenvalue weighted by atomic mass is 9.46. The molecule has 0 aromatic heterocycles. The predicted molar refractivity (Wildman–Crippen MR) is 135 cm³/mol. The molecule has 4 saturated carbocycles.